The van der Waals surface area contributed by atoms with Crippen LogP contribution in [0.25, 0.3) is 21.7 Å². The standard InChI is InChI=1S/C14H11N3S/c1-17-12-5-4-10(6-7-15)9-11(12)16-14(17)13-3-2-8-18-13/h2-5,8-9H,6H2,1H3. The Balaban J connectivity index is 2.19. The van der Waals surface area contributed by atoms with Crippen LogP contribution in [0.5, 0.6) is 0 Å². The lowest BCUT2D eigenvalue weighted by atomic mass is 10.1. The van der Waals surface area contributed by atoms with Gasteiger partial charge in [0.1, 0.15) is 0 Å². The normalized spacial score (nSPS) is 10.7. The van der Waals surface area contributed by atoms with Crippen molar-refractivity contribution in [2.75, 3.05) is 0 Å². The summed E-state index contributed by atoms with van der Waals surface area (Å²) in [7, 11) is 2.02. The molecule has 88 valence electrons. The van der Waals surface area contributed by atoms with E-state index < -0.39 is 0 Å². The van der Waals surface area contributed by atoms with Gasteiger partial charge >= 0.3 is 0 Å². The first-order valence-corrected chi connectivity index (χ1v) is 6.54. The Morgan fingerprint density at radius 3 is 3.00 bits per heavy atom. The number of nitriles is 1. The molecule has 0 radical (unpaired) electrons. The average molecular weight is 253 g/mol. The number of nitrogens with zero attached hydrogens (tertiary/aromatic N) is 3. The van der Waals surface area contributed by atoms with Gasteiger partial charge in [-0.05, 0) is 29.1 Å². The number of fused-ring (bicyclic) bond motifs is 1. The zero-order chi connectivity index (χ0) is 12.5. The maximum atomic E-state index is 8.73. The topological polar surface area (TPSA) is 41.6 Å². The second-order valence-electron chi connectivity index (χ2n) is 4.13. The van der Waals surface area contributed by atoms with Crippen LogP contribution >= 0.6 is 11.3 Å². The molecule has 0 aliphatic rings. The maximum Gasteiger partial charge on any atom is 0.150 e. The molecule has 4 heteroatoms. The van der Waals surface area contributed by atoms with Crippen molar-refractivity contribution in [2.45, 2.75) is 6.42 Å². The van der Waals surface area contributed by atoms with Crippen LogP contribution in [0.4, 0.5) is 0 Å². The molecule has 0 spiro atoms. The molecule has 18 heavy (non-hydrogen) atoms. The Labute approximate surface area is 109 Å². The van der Waals surface area contributed by atoms with Gasteiger partial charge in [0, 0.05) is 7.05 Å². The third-order valence-electron chi connectivity index (χ3n) is 2.97. The molecule has 0 saturated carbocycles. The number of rotatable bonds is 2. The van der Waals surface area contributed by atoms with E-state index in [9.17, 15) is 0 Å². The fourth-order valence-electron chi connectivity index (χ4n) is 2.07. The van der Waals surface area contributed by atoms with Gasteiger partial charge in [0.2, 0.25) is 0 Å². The van der Waals surface area contributed by atoms with Gasteiger partial charge in [0.15, 0.2) is 5.82 Å². The molecule has 0 atom stereocenters. The quantitative estimate of drug-likeness (QED) is 0.702. The number of thiophene rings is 1. The summed E-state index contributed by atoms with van der Waals surface area (Å²) >= 11 is 1.68. The van der Waals surface area contributed by atoms with E-state index in [1.165, 1.54) is 0 Å². The van der Waals surface area contributed by atoms with E-state index in [4.69, 9.17) is 5.26 Å². The van der Waals surface area contributed by atoms with Crippen molar-refractivity contribution in [3.63, 3.8) is 0 Å². The van der Waals surface area contributed by atoms with Gasteiger partial charge < -0.3 is 4.57 Å². The maximum absolute atomic E-state index is 8.73. The lowest BCUT2D eigenvalue weighted by Crippen LogP contribution is -1.90. The first-order valence-electron chi connectivity index (χ1n) is 5.66. The molecule has 0 bridgehead atoms. The number of benzene rings is 1. The van der Waals surface area contributed by atoms with Crippen molar-refractivity contribution in [1.29, 1.82) is 5.26 Å². The zero-order valence-electron chi connectivity index (χ0n) is 9.92. The van der Waals surface area contributed by atoms with E-state index in [0.717, 1.165) is 27.3 Å². The first kappa shape index (κ1) is 11.0. The van der Waals surface area contributed by atoms with Gasteiger partial charge in [-0.3, -0.25) is 0 Å². The molecule has 0 unspecified atom stereocenters. The van der Waals surface area contributed by atoms with Crippen LogP contribution < -0.4 is 0 Å². The molecule has 0 aliphatic carbocycles. The Hall–Kier alpha value is -2.12. The highest BCUT2D eigenvalue weighted by molar-refractivity contribution is 7.13. The van der Waals surface area contributed by atoms with Gasteiger partial charge in [-0.1, -0.05) is 12.1 Å². The Morgan fingerprint density at radius 1 is 1.39 bits per heavy atom. The highest BCUT2D eigenvalue weighted by Gasteiger charge is 2.10. The number of imidazole rings is 1. The van der Waals surface area contributed by atoms with E-state index in [1.807, 2.05) is 31.3 Å². The van der Waals surface area contributed by atoms with Crippen molar-refractivity contribution in [2.24, 2.45) is 7.05 Å². The summed E-state index contributed by atoms with van der Waals surface area (Å²) in [4.78, 5) is 5.82. The summed E-state index contributed by atoms with van der Waals surface area (Å²) in [6, 6.07) is 12.3. The lowest BCUT2D eigenvalue weighted by molar-refractivity contribution is 0.963. The molecule has 3 rings (SSSR count). The Kier molecular flexibility index (Phi) is 2.62. The fourth-order valence-corrected chi connectivity index (χ4v) is 2.82. The minimum atomic E-state index is 0.431. The van der Waals surface area contributed by atoms with Crippen LogP contribution in [0, 0.1) is 11.3 Å². The molecular formula is C14H11N3S. The minimum Gasteiger partial charge on any atom is -0.326 e. The number of aryl methyl sites for hydroxylation is 1. The molecule has 0 aliphatic heterocycles. The van der Waals surface area contributed by atoms with Crippen LogP contribution in [0.15, 0.2) is 35.7 Å². The minimum absolute atomic E-state index is 0.431. The van der Waals surface area contributed by atoms with E-state index >= 15 is 0 Å². The molecule has 1 aromatic carbocycles. The second-order valence-corrected chi connectivity index (χ2v) is 5.08. The van der Waals surface area contributed by atoms with Gasteiger partial charge in [-0.2, -0.15) is 5.26 Å². The smallest absolute Gasteiger partial charge is 0.150 e. The second kappa shape index (κ2) is 4.28. The van der Waals surface area contributed by atoms with E-state index in [2.05, 4.69) is 27.1 Å². The van der Waals surface area contributed by atoms with Crippen molar-refractivity contribution < 1.29 is 0 Å². The van der Waals surface area contributed by atoms with Gasteiger partial charge in [0.25, 0.3) is 0 Å². The summed E-state index contributed by atoms with van der Waals surface area (Å²) in [6.07, 6.45) is 0.431. The summed E-state index contributed by atoms with van der Waals surface area (Å²) < 4.78 is 2.09. The van der Waals surface area contributed by atoms with Crippen molar-refractivity contribution in [3.8, 4) is 16.8 Å². The van der Waals surface area contributed by atoms with Gasteiger partial charge in [0.05, 0.1) is 28.4 Å². The van der Waals surface area contributed by atoms with Gasteiger partial charge in [-0.25, -0.2) is 4.98 Å². The molecule has 3 aromatic rings. The molecule has 0 amide bonds. The number of hydrogen-bond donors (Lipinski definition) is 0. The summed E-state index contributed by atoms with van der Waals surface area (Å²) in [6.45, 7) is 0. The average Bonchev–Trinajstić information content (AvgIpc) is 2.98. The van der Waals surface area contributed by atoms with Gasteiger partial charge in [-0.15, -0.1) is 11.3 Å². The Morgan fingerprint density at radius 2 is 2.28 bits per heavy atom. The molecular weight excluding hydrogens is 242 g/mol. The van der Waals surface area contributed by atoms with Crippen LogP contribution in [0.3, 0.4) is 0 Å². The number of hydrogen-bond acceptors (Lipinski definition) is 3. The van der Waals surface area contributed by atoms with Crippen LogP contribution in [-0.4, -0.2) is 9.55 Å². The fraction of sp³-hybridized carbons (Fsp3) is 0.143. The SMILES string of the molecule is Cn1c(-c2cccs2)nc2cc(CC#N)ccc21. The highest BCUT2D eigenvalue weighted by Crippen LogP contribution is 2.27. The summed E-state index contributed by atoms with van der Waals surface area (Å²) in [5.41, 5.74) is 3.06. The van der Waals surface area contributed by atoms with Crippen molar-refractivity contribution >= 4 is 22.4 Å². The van der Waals surface area contributed by atoms with E-state index in [-0.39, 0.29) is 0 Å². The molecule has 3 nitrogen and oxygen atoms in total. The molecule has 2 heterocycles. The molecule has 0 fully saturated rings. The van der Waals surface area contributed by atoms with Crippen molar-refractivity contribution in [3.05, 3.63) is 41.3 Å². The zero-order valence-corrected chi connectivity index (χ0v) is 10.7. The lowest BCUT2D eigenvalue weighted by Gasteiger charge is -1.99. The summed E-state index contributed by atoms with van der Waals surface area (Å²) in [5, 5.41) is 10.8. The Bertz CT molecular complexity index is 732. The molecule has 0 N–H and O–H groups in total. The largest absolute Gasteiger partial charge is 0.326 e. The third kappa shape index (κ3) is 1.69. The van der Waals surface area contributed by atoms with E-state index in [0.29, 0.717) is 6.42 Å². The van der Waals surface area contributed by atoms with Crippen molar-refractivity contribution in [1.82, 2.24) is 9.55 Å². The highest BCUT2D eigenvalue weighted by atomic mass is 32.1. The van der Waals surface area contributed by atoms with Crippen LogP contribution in [0.1, 0.15) is 5.56 Å². The monoisotopic (exact) mass is 253 g/mol. The molecule has 2 aromatic heterocycles. The number of aromatic nitrogens is 2. The van der Waals surface area contributed by atoms with Crippen LogP contribution in [0.2, 0.25) is 0 Å². The van der Waals surface area contributed by atoms with E-state index in [1.54, 1.807) is 11.3 Å². The first-order chi connectivity index (χ1) is 8.79. The predicted molar refractivity (Wildman–Crippen MR) is 73.3 cm³/mol. The predicted octanol–water partition coefficient (Wildman–Crippen LogP) is 3.37. The van der Waals surface area contributed by atoms with Crippen LogP contribution in [-0.2, 0) is 13.5 Å². The third-order valence-corrected chi connectivity index (χ3v) is 3.84. The molecule has 0 saturated heterocycles. The summed E-state index contributed by atoms with van der Waals surface area (Å²) in [5.74, 6) is 0.981.